The summed E-state index contributed by atoms with van der Waals surface area (Å²) < 4.78 is 0. The Labute approximate surface area is 46.2 Å². The molecule has 0 unspecified atom stereocenters. The fourth-order valence-corrected chi connectivity index (χ4v) is 0.0945. The molecule has 6 heavy (non-hydrogen) atoms. The number of alkyl halides is 1. The lowest BCUT2D eigenvalue weighted by Crippen LogP contribution is -1.66. The van der Waals surface area contributed by atoms with Gasteiger partial charge in [-0.3, -0.25) is 5.11 Å². The molecule has 0 aromatic rings. The Kier molecular flexibility index (Phi) is 3.38. The summed E-state index contributed by atoms with van der Waals surface area (Å²) in [6.45, 7) is 0. The highest BCUT2D eigenvalue weighted by atomic mass is 35.5. The van der Waals surface area contributed by atoms with Gasteiger partial charge in [0.25, 0.3) is 0 Å². The van der Waals surface area contributed by atoms with Crippen molar-refractivity contribution in [1.82, 2.24) is 0 Å². The highest BCUT2D eigenvalue weighted by Crippen LogP contribution is 1.99. The van der Waals surface area contributed by atoms with E-state index in [4.69, 9.17) is 23.2 Å². The largest absolute Gasteiger partial charge is 0.297 e. The quantitative estimate of drug-likeness (QED) is 0.376. The lowest BCUT2D eigenvalue weighted by Gasteiger charge is -1.76. The van der Waals surface area contributed by atoms with E-state index in [1.54, 1.807) is 0 Å². The van der Waals surface area contributed by atoms with E-state index in [0.717, 1.165) is 0 Å². The van der Waals surface area contributed by atoms with Gasteiger partial charge < -0.3 is 0 Å². The molecule has 1 radical (unpaired) electrons. The van der Waals surface area contributed by atoms with Crippen molar-refractivity contribution in [2.75, 3.05) is 5.88 Å². The second-order valence-corrected chi connectivity index (χ2v) is 1.45. The van der Waals surface area contributed by atoms with Gasteiger partial charge >= 0.3 is 0 Å². The van der Waals surface area contributed by atoms with Crippen LogP contribution in [0, 0.1) is 0 Å². The molecule has 0 aromatic heterocycles. The van der Waals surface area contributed by atoms with Crippen molar-refractivity contribution in [3.63, 3.8) is 0 Å². The summed E-state index contributed by atoms with van der Waals surface area (Å²) >= 11 is 10.1. The zero-order chi connectivity index (χ0) is 4.99. The maximum Gasteiger partial charge on any atom is 0.158 e. The fourth-order valence-electron chi connectivity index (χ4n) is 0.0315. The van der Waals surface area contributed by atoms with Gasteiger partial charge in [-0.05, 0) is 0 Å². The molecule has 0 aliphatic heterocycles. The smallest absolute Gasteiger partial charge is 0.158 e. The standard InChI is InChI=1S/C3H3Cl2O/c4-1-3(5)2-6/h2H,1H2/b3-2+. The molecule has 0 rings (SSSR count). The lowest BCUT2D eigenvalue weighted by atomic mass is 10.7. The third-order valence-electron chi connectivity index (χ3n) is 0.256. The zero-order valence-electron chi connectivity index (χ0n) is 2.95. The summed E-state index contributed by atoms with van der Waals surface area (Å²) in [6, 6.07) is 0. The van der Waals surface area contributed by atoms with Crippen LogP contribution in [0.2, 0.25) is 0 Å². The maximum absolute atomic E-state index is 9.48. The summed E-state index contributed by atoms with van der Waals surface area (Å²) in [6.07, 6.45) is 0.522. The molecule has 0 fully saturated rings. The van der Waals surface area contributed by atoms with Crippen LogP contribution < -0.4 is 0 Å². The van der Waals surface area contributed by atoms with Crippen molar-refractivity contribution in [1.29, 1.82) is 0 Å². The Morgan fingerprint density at radius 3 is 2.33 bits per heavy atom. The second-order valence-electron chi connectivity index (χ2n) is 0.698. The number of rotatable bonds is 1. The predicted molar refractivity (Wildman–Crippen MR) is 25.3 cm³/mol. The number of halogens is 2. The average Bonchev–Trinajstić information content (AvgIpc) is 1.65. The van der Waals surface area contributed by atoms with E-state index in [1.807, 2.05) is 0 Å². The Balaban J connectivity index is 3.22. The van der Waals surface area contributed by atoms with Crippen LogP contribution >= 0.6 is 23.2 Å². The fraction of sp³-hybridized carbons (Fsp3) is 0.333. The summed E-state index contributed by atoms with van der Waals surface area (Å²) in [7, 11) is 0. The van der Waals surface area contributed by atoms with Crippen LogP contribution in [0.5, 0.6) is 0 Å². The minimum absolute atomic E-state index is 0.116. The predicted octanol–water partition coefficient (Wildman–Crippen LogP) is 1.74. The van der Waals surface area contributed by atoms with Crippen LogP contribution in [0.4, 0.5) is 0 Å². The molecule has 0 amide bonds. The lowest BCUT2D eigenvalue weighted by molar-refractivity contribution is 0.349. The van der Waals surface area contributed by atoms with E-state index < -0.39 is 0 Å². The minimum Gasteiger partial charge on any atom is -0.297 e. The Bertz CT molecular complexity index is 59.8. The van der Waals surface area contributed by atoms with E-state index in [0.29, 0.717) is 6.26 Å². The van der Waals surface area contributed by atoms with Crippen LogP contribution in [0.25, 0.3) is 0 Å². The number of hydrogen-bond acceptors (Lipinski definition) is 0. The number of hydrogen-bond donors (Lipinski definition) is 0. The van der Waals surface area contributed by atoms with E-state index in [9.17, 15) is 5.11 Å². The van der Waals surface area contributed by atoms with Gasteiger partial charge in [0.2, 0.25) is 0 Å². The van der Waals surface area contributed by atoms with Crippen molar-refractivity contribution in [3.05, 3.63) is 11.3 Å². The molecule has 0 aromatic carbocycles. The van der Waals surface area contributed by atoms with Gasteiger partial charge in [0.1, 0.15) is 0 Å². The van der Waals surface area contributed by atoms with Crippen LogP contribution in [0.15, 0.2) is 11.3 Å². The van der Waals surface area contributed by atoms with E-state index in [1.165, 1.54) is 0 Å². The first-order valence-electron chi connectivity index (χ1n) is 1.33. The van der Waals surface area contributed by atoms with Crippen LogP contribution in [0.3, 0.4) is 0 Å². The van der Waals surface area contributed by atoms with E-state index in [-0.39, 0.29) is 10.9 Å². The van der Waals surface area contributed by atoms with Gasteiger partial charge in [0.15, 0.2) is 6.26 Å². The SMILES string of the molecule is [O]/C=C(/Cl)CCl. The number of allylic oxidation sites excluding steroid dienone is 1. The molecular weight excluding hydrogens is 123 g/mol. The Morgan fingerprint density at radius 2 is 2.33 bits per heavy atom. The molecule has 0 saturated heterocycles. The molecule has 0 atom stereocenters. The molecule has 0 aliphatic carbocycles. The summed E-state index contributed by atoms with van der Waals surface area (Å²) in [5.41, 5.74) is 0. The first kappa shape index (κ1) is 6.12. The first-order valence-corrected chi connectivity index (χ1v) is 2.25. The first-order chi connectivity index (χ1) is 2.81. The molecule has 0 N–H and O–H groups in total. The summed E-state index contributed by atoms with van der Waals surface area (Å²) in [5.74, 6) is 0.116. The average molecular weight is 126 g/mol. The van der Waals surface area contributed by atoms with Crippen molar-refractivity contribution in [2.45, 2.75) is 0 Å². The van der Waals surface area contributed by atoms with Gasteiger partial charge in [0, 0.05) is 0 Å². The molecule has 0 heterocycles. The van der Waals surface area contributed by atoms with E-state index in [2.05, 4.69) is 0 Å². The zero-order valence-corrected chi connectivity index (χ0v) is 4.46. The molecule has 3 heteroatoms. The third kappa shape index (κ3) is 2.36. The molecule has 0 spiro atoms. The third-order valence-corrected chi connectivity index (χ3v) is 0.903. The van der Waals surface area contributed by atoms with Gasteiger partial charge in [-0.2, -0.15) is 0 Å². The maximum atomic E-state index is 9.48. The van der Waals surface area contributed by atoms with Crippen molar-refractivity contribution in [3.8, 4) is 0 Å². The molecule has 1 nitrogen and oxygen atoms in total. The van der Waals surface area contributed by atoms with Crippen LogP contribution in [-0.2, 0) is 5.11 Å². The van der Waals surface area contributed by atoms with Gasteiger partial charge in [0.05, 0.1) is 10.9 Å². The minimum atomic E-state index is 0.116. The Hall–Kier alpha value is 0.120. The molecule has 0 bridgehead atoms. The highest BCUT2D eigenvalue weighted by molar-refractivity contribution is 6.35. The van der Waals surface area contributed by atoms with Crippen LogP contribution in [-0.4, -0.2) is 5.88 Å². The topological polar surface area (TPSA) is 19.9 Å². The van der Waals surface area contributed by atoms with Crippen LogP contribution in [0.1, 0.15) is 0 Å². The monoisotopic (exact) mass is 125 g/mol. The molecule has 0 saturated carbocycles. The molecule has 0 aliphatic rings. The Morgan fingerprint density at radius 1 is 1.83 bits per heavy atom. The normalized spacial score (nSPS) is 12.0. The van der Waals surface area contributed by atoms with E-state index >= 15 is 0 Å². The second kappa shape index (κ2) is 3.32. The summed E-state index contributed by atoms with van der Waals surface area (Å²) in [4.78, 5) is 0. The highest BCUT2D eigenvalue weighted by Gasteiger charge is 1.82. The van der Waals surface area contributed by atoms with Crippen molar-refractivity contribution < 1.29 is 5.11 Å². The summed E-state index contributed by atoms with van der Waals surface area (Å²) in [5, 5.41) is 9.63. The molecule has 35 valence electrons. The van der Waals surface area contributed by atoms with Gasteiger partial charge in [-0.1, -0.05) is 11.6 Å². The van der Waals surface area contributed by atoms with Crippen molar-refractivity contribution >= 4 is 23.2 Å². The van der Waals surface area contributed by atoms with Gasteiger partial charge in [-0.15, -0.1) is 11.6 Å². The van der Waals surface area contributed by atoms with Crippen molar-refractivity contribution in [2.24, 2.45) is 0 Å². The molecular formula is C3H3Cl2O. The van der Waals surface area contributed by atoms with Gasteiger partial charge in [-0.25, -0.2) is 0 Å².